The normalized spacial score (nSPS) is 11.2. The predicted molar refractivity (Wildman–Crippen MR) is 82.4 cm³/mol. The van der Waals surface area contributed by atoms with Crippen LogP contribution in [0.5, 0.6) is 0 Å². The van der Waals surface area contributed by atoms with Crippen LogP contribution in [0.25, 0.3) is 0 Å². The third-order valence-corrected chi connectivity index (χ3v) is 3.79. The molecule has 0 radical (unpaired) electrons. The maximum absolute atomic E-state index is 4.44. The third kappa shape index (κ3) is 4.77. The lowest BCUT2D eigenvalue weighted by Gasteiger charge is -2.07. The molecule has 102 valence electrons. The van der Waals surface area contributed by atoms with Crippen LogP contribution in [0.4, 0.5) is 0 Å². The molecule has 0 aliphatic heterocycles. The summed E-state index contributed by atoms with van der Waals surface area (Å²) in [6.45, 7) is 8.30. The summed E-state index contributed by atoms with van der Waals surface area (Å²) in [5, 5.41) is 6.69. The van der Waals surface area contributed by atoms with Crippen LogP contribution < -0.4 is 5.32 Å². The van der Waals surface area contributed by atoms with E-state index >= 15 is 0 Å². The number of thiazole rings is 1. The molecule has 1 aromatic carbocycles. The summed E-state index contributed by atoms with van der Waals surface area (Å²) in [6, 6.07) is 8.92. The molecule has 1 heterocycles. The van der Waals surface area contributed by atoms with Gasteiger partial charge in [-0.3, -0.25) is 0 Å². The van der Waals surface area contributed by atoms with Crippen LogP contribution >= 0.6 is 11.3 Å². The van der Waals surface area contributed by atoms with Crippen molar-refractivity contribution in [3.63, 3.8) is 0 Å². The van der Waals surface area contributed by atoms with Gasteiger partial charge in [0.1, 0.15) is 0 Å². The molecular weight excluding hydrogens is 252 g/mol. The first-order valence-corrected chi connectivity index (χ1v) is 7.71. The second-order valence-corrected chi connectivity index (χ2v) is 6.44. The zero-order valence-corrected chi connectivity index (χ0v) is 12.8. The van der Waals surface area contributed by atoms with Crippen molar-refractivity contribution in [1.29, 1.82) is 0 Å². The van der Waals surface area contributed by atoms with Crippen molar-refractivity contribution in [3.8, 4) is 0 Å². The molecule has 0 unspecified atom stereocenters. The van der Waals surface area contributed by atoms with E-state index in [-0.39, 0.29) is 0 Å². The number of aromatic nitrogens is 1. The molecule has 0 aliphatic rings. The van der Waals surface area contributed by atoms with E-state index < -0.39 is 0 Å². The summed E-state index contributed by atoms with van der Waals surface area (Å²) in [7, 11) is 0. The molecule has 0 amide bonds. The number of benzene rings is 1. The number of nitrogens with zero attached hydrogens (tertiary/aromatic N) is 1. The van der Waals surface area contributed by atoms with E-state index in [1.807, 2.05) is 6.92 Å². The number of rotatable bonds is 6. The van der Waals surface area contributed by atoms with Gasteiger partial charge in [-0.1, -0.05) is 38.1 Å². The van der Waals surface area contributed by atoms with Crippen molar-refractivity contribution in [2.45, 2.75) is 40.3 Å². The largest absolute Gasteiger partial charge is 0.307 e. The topological polar surface area (TPSA) is 24.9 Å². The highest BCUT2D eigenvalue weighted by atomic mass is 32.1. The minimum Gasteiger partial charge on any atom is -0.307 e. The van der Waals surface area contributed by atoms with Gasteiger partial charge in [0.05, 0.1) is 10.7 Å². The van der Waals surface area contributed by atoms with Gasteiger partial charge in [-0.05, 0) is 30.4 Å². The predicted octanol–water partition coefficient (Wildman–Crippen LogP) is 3.94. The summed E-state index contributed by atoms with van der Waals surface area (Å²) in [5.74, 6) is 0.719. The molecular formula is C16H22N2S. The molecule has 0 bridgehead atoms. The Morgan fingerprint density at radius 2 is 1.79 bits per heavy atom. The lowest BCUT2D eigenvalue weighted by molar-refractivity contribution is 0.646. The molecule has 2 rings (SSSR count). The number of aryl methyl sites for hydroxylation is 1. The van der Waals surface area contributed by atoms with Gasteiger partial charge in [-0.25, -0.2) is 4.98 Å². The molecule has 0 aliphatic carbocycles. The van der Waals surface area contributed by atoms with Crippen LogP contribution in [0, 0.1) is 12.8 Å². The molecule has 3 heteroatoms. The Hall–Kier alpha value is -1.19. The third-order valence-electron chi connectivity index (χ3n) is 2.97. The number of nitrogens with one attached hydrogen (secondary N) is 1. The summed E-state index contributed by atoms with van der Waals surface area (Å²) in [5.41, 5.74) is 3.90. The van der Waals surface area contributed by atoms with E-state index in [1.165, 1.54) is 11.1 Å². The summed E-state index contributed by atoms with van der Waals surface area (Å²) < 4.78 is 0. The van der Waals surface area contributed by atoms with Gasteiger partial charge in [0.25, 0.3) is 0 Å². The summed E-state index contributed by atoms with van der Waals surface area (Å²) >= 11 is 1.71. The minimum absolute atomic E-state index is 0.719. The van der Waals surface area contributed by atoms with Crippen molar-refractivity contribution in [1.82, 2.24) is 10.3 Å². The molecule has 0 saturated carbocycles. The van der Waals surface area contributed by atoms with Gasteiger partial charge < -0.3 is 5.32 Å². The highest BCUT2D eigenvalue weighted by Crippen LogP contribution is 2.10. The molecule has 1 aromatic heterocycles. The van der Waals surface area contributed by atoms with Crippen molar-refractivity contribution < 1.29 is 0 Å². The maximum atomic E-state index is 4.44. The fraction of sp³-hybridized carbons (Fsp3) is 0.438. The molecule has 19 heavy (non-hydrogen) atoms. The smallest absolute Gasteiger partial charge is 0.0897 e. The summed E-state index contributed by atoms with van der Waals surface area (Å²) in [4.78, 5) is 4.44. The van der Waals surface area contributed by atoms with Gasteiger partial charge >= 0.3 is 0 Å². The second kappa shape index (κ2) is 6.83. The number of hydrogen-bond acceptors (Lipinski definition) is 3. The Balaban J connectivity index is 1.79. The Bertz CT molecular complexity index is 500. The van der Waals surface area contributed by atoms with Crippen LogP contribution in [-0.2, 0) is 19.5 Å². The first kappa shape index (κ1) is 14.2. The van der Waals surface area contributed by atoms with E-state index in [1.54, 1.807) is 11.3 Å². The molecule has 0 fully saturated rings. The van der Waals surface area contributed by atoms with Crippen molar-refractivity contribution in [2.24, 2.45) is 5.92 Å². The lowest BCUT2D eigenvalue weighted by Crippen LogP contribution is -2.12. The minimum atomic E-state index is 0.719. The van der Waals surface area contributed by atoms with Gasteiger partial charge in [0, 0.05) is 18.5 Å². The average Bonchev–Trinajstić information content (AvgIpc) is 2.77. The van der Waals surface area contributed by atoms with Crippen LogP contribution in [0.2, 0.25) is 0 Å². The Kier molecular flexibility index (Phi) is 5.11. The van der Waals surface area contributed by atoms with Crippen molar-refractivity contribution >= 4 is 11.3 Å². The average molecular weight is 274 g/mol. The van der Waals surface area contributed by atoms with Crippen LogP contribution in [0.1, 0.15) is 35.7 Å². The fourth-order valence-electron chi connectivity index (χ4n) is 2.09. The SMILES string of the molecule is Cc1nc(CNCc2ccc(CC(C)C)cc2)cs1. The van der Waals surface area contributed by atoms with Crippen molar-refractivity contribution in [3.05, 3.63) is 51.5 Å². The monoisotopic (exact) mass is 274 g/mol. The lowest BCUT2D eigenvalue weighted by atomic mass is 10.0. The zero-order chi connectivity index (χ0) is 13.7. The Morgan fingerprint density at radius 1 is 1.11 bits per heavy atom. The number of hydrogen-bond donors (Lipinski definition) is 1. The highest BCUT2D eigenvalue weighted by molar-refractivity contribution is 7.09. The van der Waals surface area contributed by atoms with E-state index in [9.17, 15) is 0 Å². The Labute approximate surface area is 119 Å². The summed E-state index contributed by atoms with van der Waals surface area (Å²) in [6.07, 6.45) is 1.16. The second-order valence-electron chi connectivity index (χ2n) is 5.38. The van der Waals surface area contributed by atoms with Gasteiger partial charge in [-0.15, -0.1) is 11.3 Å². The maximum Gasteiger partial charge on any atom is 0.0897 e. The molecule has 2 nitrogen and oxygen atoms in total. The van der Waals surface area contributed by atoms with Crippen molar-refractivity contribution in [2.75, 3.05) is 0 Å². The van der Waals surface area contributed by atoms with Crippen LogP contribution in [0.15, 0.2) is 29.6 Å². The molecule has 0 atom stereocenters. The van der Waals surface area contributed by atoms with Gasteiger partial charge in [-0.2, -0.15) is 0 Å². The fourth-order valence-corrected chi connectivity index (χ4v) is 2.70. The standard InChI is InChI=1S/C16H22N2S/c1-12(2)8-14-4-6-15(7-5-14)9-17-10-16-11-19-13(3)18-16/h4-7,11-12,17H,8-10H2,1-3H3. The Morgan fingerprint density at radius 3 is 2.37 bits per heavy atom. The van der Waals surface area contributed by atoms with Gasteiger partial charge in [0.15, 0.2) is 0 Å². The van der Waals surface area contributed by atoms with Crippen LogP contribution in [-0.4, -0.2) is 4.98 Å². The molecule has 0 spiro atoms. The first-order valence-electron chi connectivity index (χ1n) is 6.83. The van der Waals surface area contributed by atoms with E-state index in [4.69, 9.17) is 0 Å². The zero-order valence-electron chi connectivity index (χ0n) is 11.9. The van der Waals surface area contributed by atoms with Gasteiger partial charge in [0.2, 0.25) is 0 Å². The van der Waals surface area contributed by atoms with E-state index in [2.05, 4.69) is 53.8 Å². The van der Waals surface area contributed by atoms with E-state index in [0.717, 1.165) is 36.1 Å². The quantitative estimate of drug-likeness (QED) is 0.863. The highest BCUT2D eigenvalue weighted by Gasteiger charge is 2.00. The first-order chi connectivity index (χ1) is 9.13. The van der Waals surface area contributed by atoms with Crippen LogP contribution in [0.3, 0.4) is 0 Å². The van der Waals surface area contributed by atoms with E-state index in [0.29, 0.717) is 0 Å². The molecule has 1 N–H and O–H groups in total. The molecule has 0 saturated heterocycles. The molecule has 2 aromatic rings.